The molecule has 0 fully saturated rings. The summed E-state index contributed by atoms with van der Waals surface area (Å²) in [5.74, 6) is 8.01. The van der Waals surface area contributed by atoms with Crippen LogP contribution in [0.15, 0.2) is 29.2 Å². The Morgan fingerprint density at radius 2 is 1.58 bits per heavy atom. The van der Waals surface area contributed by atoms with Crippen molar-refractivity contribution < 1.29 is 0 Å². The van der Waals surface area contributed by atoms with Gasteiger partial charge in [-0.2, -0.15) is 5.10 Å². The zero-order chi connectivity index (χ0) is 23.5. The van der Waals surface area contributed by atoms with Crippen LogP contribution in [-0.4, -0.2) is 16.0 Å². The molecule has 2 nitrogen and oxygen atoms in total. The molecule has 0 spiro atoms. The molecule has 0 aliphatic carbocycles. The molecule has 3 rings (SSSR count). The topological polar surface area (TPSA) is 25.8 Å². The standard InChI is InChI=1S/C30H42N2S/c1-5-7-9-11-13-15-26-18-19-27(32-31-26)17-16-25-22-28-29(33-21-20-30(28,3)4)23-24(25)14-12-10-8-6-2/h18-19,22-23H,5-15,20-21H2,1-4H3. The molecule has 3 heteroatoms. The van der Waals surface area contributed by atoms with E-state index in [0.717, 1.165) is 24.2 Å². The fraction of sp³-hybridized carbons (Fsp3) is 0.600. The van der Waals surface area contributed by atoms with Crippen molar-refractivity contribution in [3.63, 3.8) is 0 Å². The summed E-state index contributed by atoms with van der Waals surface area (Å²) in [5, 5.41) is 8.85. The lowest BCUT2D eigenvalue weighted by Gasteiger charge is -2.32. The second-order valence-electron chi connectivity index (χ2n) is 10.1. The van der Waals surface area contributed by atoms with Crippen LogP contribution in [0.4, 0.5) is 0 Å². The summed E-state index contributed by atoms with van der Waals surface area (Å²) in [7, 11) is 0. The maximum atomic E-state index is 4.44. The first kappa shape index (κ1) is 25.8. The fourth-order valence-corrected chi connectivity index (χ4v) is 6.04. The zero-order valence-electron chi connectivity index (χ0n) is 21.3. The number of hydrogen-bond acceptors (Lipinski definition) is 3. The Kier molecular flexibility index (Phi) is 10.3. The molecule has 0 saturated heterocycles. The third kappa shape index (κ3) is 7.89. The number of nitrogens with zero attached hydrogens (tertiary/aromatic N) is 2. The lowest BCUT2D eigenvalue weighted by molar-refractivity contribution is 0.493. The van der Waals surface area contributed by atoms with Crippen molar-refractivity contribution >= 4 is 11.8 Å². The van der Waals surface area contributed by atoms with Crippen molar-refractivity contribution in [3.05, 3.63) is 52.3 Å². The highest BCUT2D eigenvalue weighted by Crippen LogP contribution is 2.42. The monoisotopic (exact) mass is 462 g/mol. The van der Waals surface area contributed by atoms with Gasteiger partial charge in [0.25, 0.3) is 0 Å². The van der Waals surface area contributed by atoms with Gasteiger partial charge >= 0.3 is 0 Å². The molecule has 1 aliphatic heterocycles. The number of thioether (sulfide) groups is 1. The summed E-state index contributed by atoms with van der Waals surface area (Å²) in [6.45, 7) is 9.27. The van der Waals surface area contributed by atoms with Crippen LogP contribution >= 0.6 is 11.8 Å². The van der Waals surface area contributed by atoms with Crippen LogP contribution in [0.3, 0.4) is 0 Å². The van der Waals surface area contributed by atoms with Gasteiger partial charge in [-0.15, -0.1) is 16.9 Å². The van der Waals surface area contributed by atoms with E-state index in [1.807, 2.05) is 17.8 Å². The highest BCUT2D eigenvalue weighted by molar-refractivity contribution is 7.99. The summed E-state index contributed by atoms with van der Waals surface area (Å²) in [6, 6.07) is 8.96. The number of aromatic nitrogens is 2. The summed E-state index contributed by atoms with van der Waals surface area (Å²) in [4.78, 5) is 1.46. The number of hydrogen-bond donors (Lipinski definition) is 0. The predicted octanol–water partition coefficient (Wildman–Crippen LogP) is 8.29. The Morgan fingerprint density at radius 1 is 0.848 bits per heavy atom. The number of benzene rings is 1. The van der Waals surface area contributed by atoms with Crippen LogP contribution < -0.4 is 0 Å². The van der Waals surface area contributed by atoms with E-state index < -0.39 is 0 Å². The molecular weight excluding hydrogens is 420 g/mol. The van der Waals surface area contributed by atoms with E-state index in [4.69, 9.17) is 0 Å². The van der Waals surface area contributed by atoms with Crippen LogP contribution in [0.5, 0.6) is 0 Å². The Bertz CT molecular complexity index is 934. The van der Waals surface area contributed by atoms with E-state index in [9.17, 15) is 0 Å². The quantitative estimate of drug-likeness (QED) is 0.248. The molecule has 2 heterocycles. The first-order valence-corrected chi connectivity index (χ1v) is 14.2. The first-order valence-electron chi connectivity index (χ1n) is 13.2. The van der Waals surface area contributed by atoms with Crippen LogP contribution in [0.1, 0.15) is 120 Å². The summed E-state index contributed by atoms with van der Waals surface area (Å²) in [6.07, 6.45) is 14.9. The van der Waals surface area contributed by atoms with Crippen LogP contribution in [-0.2, 0) is 18.3 Å². The SMILES string of the molecule is CCCCCCCc1ccc(C#Cc2cc3c(cc2CCCCCC)SCCC3(C)C)nn1. The summed E-state index contributed by atoms with van der Waals surface area (Å²) < 4.78 is 0. The van der Waals surface area contributed by atoms with Gasteiger partial charge in [0.15, 0.2) is 0 Å². The normalized spacial score (nSPS) is 14.4. The van der Waals surface area contributed by atoms with E-state index in [0.29, 0.717) is 0 Å². The Morgan fingerprint density at radius 3 is 2.30 bits per heavy atom. The number of fused-ring (bicyclic) bond motifs is 1. The molecule has 1 aliphatic rings. The Labute approximate surface area is 206 Å². The van der Waals surface area contributed by atoms with Crippen LogP contribution in [0.25, 0.3) is 0 Å². The minimum absolute atomic E-state index is 0.219. The fourth-order valence-electron chi connectivity index (χ4n) is 4.49. The lowest BCUT2D eigenvalue weighted by Crippen LogP contribution is -2.23. The van der Waals surface area contributed by atoms with E-state index in [1.165, 1.54) is 91.5 Å². The third-order valence-corrected chi connectivity index (χ3v) is 7.86. The van der Waals surface area contributed by atoms with Crippen LogP contribution in [0.2, 0.25) is 0 Å². The Hall–Kier alpha value is -1.79. The van der Waals surface area contributed by atoms with Crippen molar-refractivity contribution in [2.24, 2.45) is 0 Å². The molecule has 1 aromatic heterocycles. The van der Waals surface area contributed by atoms with Crippen molar-refractivity contribution in [3.8, 4) is 11.8 Å². The largest absolute Gasteiger partial charge is 0.154 e. The molecular formula is C30H42N2S. The van der Waals surface area contributed by atoms with Gasteiger partial charge in [-0.3, -0.25) is 0 Å². The van der Waals surface area contributed by atoms with Crippen LogP contribution in [0, 0.1) is 11.8 Å². The van der Waals surface area contributed by atoms with Gasteiger partial charge < -0.3 is 0 Å². The maximum absolute atomic E-state index is 4.44. The molecule has 0 unspecified atom stereocenters. The van der Waals surface area contributed by atoms with Crippen molar-refractivity contribution in [1.29, 1.82) is 0 Å². The summed E-state index contributed by atoms with van der Waals surface area (Å²) >= 11 is 2.01. The average molecular weight is 463 g/mol. The number of aryl methyl sites for hydroxylation is 2. The molecule has 0 amide bonds. The van der Waals surface area contributed by atoms with Gasteiger partial charge in [-0.05, 0) is 84.6 Å². The second kappa shape index (κ2) is 13.2. The van der Waals surface area contributed by atoms with Crippen molar-refractivity contribution in [2.45, 2.75) is 115 Å². The minimum atomic E-state index is 0.219. The molecule has 2 aromatic rings. The molecule has 0 N–H and O–H groups in total. The van der Waals surface area contributed by atoms with Gasteiger partial charge in [-0.25, -0.2) is 0 Å². The highest BCUT2D eigenvalue weighted by atomic mass is 32.2. The van der Waals surface area contributed by atoms with E-state index in [1.54, 1.807) is 0 Å². The predicted molar refractivity (Wildman–Crippen MR) is 143 cm³/mol. The molecule has 1 aromatic carbocycles. The number of rotatable bonds is 11. The van der Waals surface area contributed by atoms with Gasteiger partial charge in [0.2, 0.25) is 0 Å². The maximum Gasteiger partial charge on any atom is 0.136 e. The molecule has 0 radical (unpaired) electrons. The van der Waals surface area contributed by atoms with E-state index >= 15 is 0 Å². The van der Waals surface area contributed by atoms with E-state index in [2.05, 4.69) is 67.9 Å². The molecule has 33 heavy (non-hydrogen) atoms. The molecule has 0 bridgehead atoms. The zero-order valence-corrected chi connectivity index (χ0v) is 22.1. The van der Waals surface area contributed by atoms with Gasteiger partial charge in [0.1, 0.15) is 5.69 Å². The average Bonchev–Trinajstić information content (AvgIpc) is 2.81. The minimum Gasteiger partial charge on any atom is -0.154 e. The second-order valence-corrected chi connectivity index (χ2v) is 11.3. The number of unbranched alkanes of at least 4 members (excludes halogenated alkanes) is 7. The van der Waals surface area contributed by atoms with Gasteiger partial charge in [0.05, 0.1) is 5.69 Å². The smallest absolute Gasteiger partial charge is 0.136 e. The highest BCUT2D eigenvalue weighted by Gasteiger charge is 2.28. The van der Waals surface area contributed by atoms with Gasteiger partial charge in [-0.1, -0.05) is 78.6 Å². The van der Waals surface area contributed by atoms with Crippen molar-refractivity contribution in [2.75, 3.05) is 5.75 Å². The molecule has 0 saturated carbocycles. The van der Waals surface area contributed by atoms with Gasteiger partial charge in [0, 0.05) is 10.5 Å². The molecule has 178 valence electrons. The lowest BCUT2D eigenvalue weighted by atomic mass is 9.80. The first-order chi connectivity index (χ1) is 16.0. The molecule has 0 atom stereocenters. The Balaban J connectivity index is 1.75. The van der Waals surface area contributed by atoms with E-state index in [-0.39, 0.29) is 5.41 Å². The van der Waals surface area contributed by atoms with Crippen molar-refractivity contribution in [1.82, 2.24) is 10.2 Å². The summed E-state index contributed by atoms with van der Waals surface area (Å²) in [5.41, 5.74) is 6.12. The third-order valence-electron chi connectivity index (χ3n) is 6.80.